The number of rotatable bonds is 6. The van der Waals surface area contributed by atoms with Crippen LogP contribution in [0.15, 0.2) is 30.3 Å². The maximum absolute atomic E-state index is 14.4. The first-order valence-electron chi connectivity index (χ1n) is 12.9. The summed E-state index contributed by atoms with van der Waals surface area (Å²) in [6.45, 7) is 18.3. The van der Waals surface area contributed by atoms with Crippen LogP contribution in [0.25, 0.3) is 0 Å². The molecule has 1 heterocycles. The van der Waals surface area contributed by atoms with Gasteiger partial charge in [-0.15, -0.1) is 11.5 Å². The predicted molar refractivity (Wildman–Crippen MR) is 142 cm³/mol. The highest BCUT2D eigenvalue weighted by molar-refractivity contribution is 6.90. The van der Waals surface area contributed by atoms with Crippen molar-refractivity contribution in [2.24, 2.45) is 0 Å². The number of hydrogen-bond acceptors (Lipinski definition) is 3. The van der Waals surface area contributed by atoms with E-state index in [1.807, 2.05) is 6.07 Å². The predicted octanol–water partition coefficient (Wildman–Crippen LogP) is 7.61. The SMILES string of the molecule is CC(C)[Si](C#CC[C@H]1CN(Cc2ccccc2)[C@@H](C(F)(F)F)N1C(=O)OC(C)(C)C)(C(C)C)C(C)C. The Labute approximate surface area is 216 Å². The molecule has 4 nitrogen and oxygen atoms in total. The fourth-order valence-electron chi connectivity index (χ4n) is 5.65. The third-order valence-electron chi connectivity index (χ3n) is 7.08. The summed E-state index contributed by atoms with van der Waals surface area (Å²) in [5.74, 6) is 3.28. The molecule has 0 bridgehead atoms. The molecule has 0 aliphatic carbocycles. The Morgan fingerprint density at radius 3 is 2.00 bits per heavy atom. The summed E-state index contributed by atoms with van der Waals surface area (Å²) < 4.78 is 48.8. The summed E-state index contributed by atoms with van der Waals surface area (Å²) >= 11 is 0. The standard InChI is InChI=1S/C28H43F3N2O2Si/c1-20(2)36(21(3)4,22(5)6)17-13-16-24-19-32(18-23-14-11-10-12-15-23)25(28(29,30)31)33(24)26(34)35-27(7,8)9/h10-12,14-15,20-22,24-25H,16,18-19H2,1-9H3/t24-,25+/m0/s1. The molecule has 0 radical (unpaired) electrons. The van der Waals surface area contributed by atoms with Crippen LogP contribution < -0.4 is 0 Å². The van der Waals surface area contributed by atoms with Gasteiger partial charge < -0.3 is 4.74 Å². The van der Waals surface area contributed by atoms with E-state index in [0.717, 1.165) is 10.5 Å². The fourth-order valence-corrected chi connectivity index (χ4v) is 10.9. The molecule has 0 aromatic heterocycles. The van der Waals surface area contributed by atoms with Gasteiger partial charge in [-0.2, -0.15) is 13.2 Å². The lowest BCUT2D eigenvalue weighted by Gasteiger charge is -2.38. The van der Waals surface area contributed by atoms with Crippen molar-refractivity contribution in [3.8, 4) is 11.5 Å². The van der Waals surface area contributed by atoms with Crippen LogP contribution in [0.2, 0.25) is 16.6 Å². The van der Waals surface area contributed by atoms with Gasteiger partial charge in [0.2, 0.25) is 0 Å². The highest BCUT2D eigenvalue weighted by atomic mass is 28.3. The van der Waals surface area contributed by atoms with Crippen molar-refractivity contribution < 1.29 is 22.7 Å². The van der Waals surface area contributed by atoms with Crippen molar-refractivity contribution >= 4 is 14.2 Å². The smallest absolute Gasteiger partial charge is 0.422 e. The number of carbonyl (C=O) groups is 1. The van der Waals surface area contributed by atoms with Crippen molar-refractivity contribution in [3.05, 3.63) is 35.9 Å². The molecule has 202 valence electrons. The lowest BCUT2D eigenvalue weighted by molar-refractivity contribution is -0.207. The molecule has 1 saturated heterocycles. The van der Waals surface area contributed by atoms with Gasteiger partial charge in [-0.1, -0.05) is 71.9 Å². The number of benzene rings is 1. The average molecular weight is 525 g/mol. The minimum atomic E-state index is -4.64. The molecule has 1 aromatic rings. The second-order valence-electron chi connectivity index (χ2n) is 11.8. The maximum atomic E-state index is 14.4. The third kappa shape index (κ3) is 7.07. The molecule has 1 amide bonds. The Morgan fingerprint density at radius 1 is 1.03 bits per heavy atom. The Bertz CT molecular complexity index is 908. The maximum Gasteiger partial charge on any atom is 0.422 e. The molecule has 0 N–H and O–H groups in total. The van der Waals surface area contributed by atoms with Gasteiger partial charge in [0.05, 0.1) is 6.04 Å². The van der Waals surface area contributed by atoms with Gasteiger partial charge in [0.1, 0.15) is 13.7 Å². The van der Waals surface area contributed by atoms with Gasteiger partial charge in [-0.25, -0.2) is 4.79 Å². The van der Waals surface area contributed by atoms with E-state index in [1.165, 1.54) is 4.90 Å². The van der Waals surface area contributed by atoms with Crippen LogP contribution in [0.1, 0.15) is 74.3 Å². The lowest BCUT2D eigenvalue weighted by Crippen LogP contribution is -2.54. The molecule has 2 rings (SSSR count). The van der Waals surface area contributed by atoms with Crippen LogP contribution in [0.4, 0.5) is 18.0 Å². The highest BCUT2D eigenvalue weighted by Gasteiger charge is 2.56. The Balaban J connectivity index is 2.48. The molecule has 1 aliphatic heterocycles. The number of alkyl halides is 3. The molecule has 1 aliphatic rings. The van der Waals surface area contributed by atoms with Gasteiger partial charge in [0.25, 0.3) is 0 Å². The zero-order chi connectivity index (χ0) is 27.5. The largest absolute Gasteiger partial charge is 0.444 e. The summed E-state index contributed by atoms with van der Waals surface area (Å²) in [6.07, 6.45) is -7.48. The molecular weight excluding hydrogens is 481 g/mol. The van der Waals surface area contributed by atoms with Crippen LogP contribution in [-0.4, -0.2) is 54.5 Å². The van der Waals surface area contributed by atoms with E-state index in [2.05, 4.69) is 53.0 Å². The van der Waals surface area contributed by atoms with Crippen molar-refractivity contribution in [1.29, 1.82) is 0 Å². The quantitative estimate of drug-likeness (QED) is 0.284. The van der Waals surface area contributed by atoms with Gasteiger partial charge in [-0.3, -0.25) is 9.80 Å². The van der Waals surface area contributed by atoms with Crippen LogP contribution in [-0.2, 0) is 11.3 Å². The van der Waals surface area contributed by atoms with E-state index in [0.29, 0.717) is 16.6 Å². The summed E-state index contributed by atoms with van der Waals surface area (Å²) in [6, 6.07) is 8.31. The third-order valence-corrected chi connectivity index (χ3v) is 13.4. The fraction of sp³-hybridized carbons (Fsp3) is 0.679. The molecule has 2 atom stereocenters. The van der Waals surface area contributed by atoms with Crippen molar-refractivity contribution in [1.82, 2.24) is 9.80 Å². The zero-order valence-electron chi connectivity index (χ0n) is 23.2. The molecule has 0 unspecified atom stereocenters. The van der Waals surface area contributed by atoms with Crippen LogP contribution >= 0.6 is 0 Å². The normalized spacial score (nSPS) is 19.7. The Morgan fingerprint density at radius 2 is 1.56 bits per heavy atom. The van der Waals surface area contributed by atoms with E-state index in [4.69, 9.17) is 4.74 Å². The number of nitrogens with zero attached hydrogens (tertiary/aromatic N) is 2. The number of amides is 1. The summed E-state index contributed by atoms with van der Waals surface area (Å²) in [5, 5.41) is 0. The van der Waals surface area contributed by atoms with E-state index in [-0.39, 0.29) is 19.5 Å². The van der Waals surface area contributed by atoms with Gasteiger partial charge >= 0.3 is 12.3 Å². The Kier molecular flexibility index (Phi) is 9.74. The molecule has 1 fully saturated rings. The topological polar surface area (TPSA) is 32.8 Å². The van der Waals surface area contributed by atoms with E-state index in [1.54, 1.807) is 45.0 Å². The molecule has 8 heteroatoms. The van der Waals surface area contributed by atoms with Gasteiger partial charge in [0, 0.05) is 19.5 Å². The van der Waals surface area contributed by atoms with Crippen molar-refractivity contribution in [2.75, 3.05) is 6.54 Å². The number of halogens is 3. The van der Waals surface area contributed by atoms with Crippen LogP contribution in [0, 0.1) is 11.5 Å². The van der Waals surface area contributed by atoms with Gasteiger partial charge in [0.15, 0.2) is 6.17 Å². The van der Waals surface area contributed by atoms with E-state index < -0.39 is 38.2 Å². The molecule has 36 heavy (non-hydrogen) atoms. The number of ether oxygens (including phenoxy) is 1. The zero-order valence-corrected chi connectivity index (χ0v) is 24.2. The summed E-state index contributed by atoms with van der Waals surface area (Å²) in [7, 11) is -2.05. The number of hydrogen-bond donors (Lipinski definition) is 0. The van der Waals surface area contributed by atoms with Gasteiger partial charge in [-0.05, 0) is 43.0 Å². The molecule has 1 aromatic carbocycles. The minimum Gasteiger partial charge on any atom is -0.444 e. The first-order chi connectivity index (χ1) is 16.5. The summed E-state index contributed by atoms with van der Waals surface area (Å²) in [5.41, 5.74) is 4.67. The van der Waals surface area contributed by atoms with E-state index >= 15 is 0 Å². The first-order valence-corrected chi connectivity index (χ1v) is 15.1. The Hall–Kier alpha value is -1.98. The van der Waals surface area contributed by atoms with Crippen molar-refractivity contribution in [2.45, 2.75) is 116 Å². The molecule has 0 saturated carbocycles. The number of carbonyl (C=O) groups excluding carboxylic acids is 1. The highest BCUT2D eigenvalue weighted by Crippen LogP contribution is 2.41. The van der Waals surface area contributed by atoms with E-state index in [9.17, 15) is 18.0 Å². The monoisotopic (exact) mass is 524 g/mol. The lowest BCUT2D eigenvalue weighted by atomic mass is 10.2. The minimum absolute atomic E-state index is 0.0760. The second-order valence-corrected chi connectivity index (χ2v) is 17.4. The molecule has 0 spiro atoms. The molecular formula is C28H43F3N2O2Si. The second kappa shape index (κ2) is 11.6. The average Bonchev–Trinajstić information content (AvgIpc) is 3.08. The van der Waals surface area contributed by atoms with Crippen LogP contribution in [0.5, 0.6) is 0 Å². The van der Waals surface area contributed by atoms with Crippen LogP contribution in [0.3, 0.4) is 0 Å². The van der Waals surface area contributed by atoms with Crippen molar-refractivity contribution in [3.63, 3.8) is 0 Å². The summed E-state index contributed by atoms with van der Waals surface area (Å²) in [4.78, 5) is 15.4. The first kappa shape index (κ1) is 30.2.